The van der Waals surface area contributed by atoms with E-state index < -0.39 is 5.54 Å². The quantitative estimate of drug-likeness (QED) is 0.564. The summed E-state index contributed by atoms with van der Waals surface area (Å²) < 4.78 is 5.87. The fourth-order valence-corrected chi connectivity index (χ4v) is 4.80. The fourth-order valence-electron chi connectivity index (χ4n) is 4.80. The molecule has 8 nitrogen and oxygen atoms in total. The molecule has 1 N–H and O–H groups in total. The lowest BCUT2D eigenvalue weighted by Gasteiger charge is -2.40. The maximum Gasteiger partial charge on any atom is 0.328 e. The molecule has 1 atom stereocenters. The van der Waals surface area contributed by atoms with Crippen molar-refractivity contribution >= 4 is 17.6 Å². The number of hydrogen-bond donors (Lipinski definition) is 1. The van der Waals surface area contributed by atoms with Gasteiger partial charge in [-0.1, -0.05) is 18.2 Å². The van der Waals surface area contributed by atoms with Crippen molar-refractivity contribution in [3.05, 3.63) is 83.9 Å². The Morgan fingerprint density at radius 1 is 1.09 bits per heavy atom. The molecule has 1 aromatic carbocycles. The normalized spacial score (nSPS) is 19.5. The zero-order valence-corrected chi connectivity index (χ0v) is 19.3. The van der Waals surface area contributed by atoms with E-state index in [1.807, 2.05) is 62.4 Å². The van der Waals surface area contributed by atoms with Crippen LogP contribution >= 0.6 is 0 Å². The number of rotatable bonds is 6. The van der Waals surface area contributed by atoms with Gasteiger partial charge in [-0.2, -0.15) is 0 Å². The van der Waals surface area contributed by atoms with Crippen LogP contribution in [0.5, 0.6) is 5.75 Å². The molecule has 5 rings (SSSR count). The molecule has 34 heavy (non-hydrogen) atoms. The first kappa shape index (κ1) is 21.9. The number of fused-ring (bicyclic) bond motifs is 2. The highest BCUT2D eigenvalue weighted by Crippen LogP contribution is 2.47. The van der Waals surface area contributed by atoms with E-state index in [1.54, 1.807) is 23.5 Å². The van der Waals surface area contributed by atoms with Gasteiger partial charge in [-0.25, -0.2) is 4.79 Å². The molecule has 0 radical (unpaired) electrons. The number of imide groups is 1. The predicted molar refractivity (Wildman–Crippen MR) is 127 cm³/mol. The molecular weight excluding hydrogens is 430 g/mol. The third kappa shape index (κ3) is 3.75. The second-order valence-corrected chi connectivity index (χ2v) is 8.85. The molecule has 3 amide bonds. The van der Waals surface area contributed by atoms with Crippen LogP contribution in [-0.2, 0) is 23.4 Å². The maximum atomic E-state index is 14.1. The number of carbonyl (C=O) groups is 2. The monoisotopic (exact) mass is 457 g/mol. The highest BCUT2D eigenvalue weighted by molar-refractivity contribution is 6.08. The minimum absolute atomic E-state index is 0.0289. The minimum atomic E-state index is -1.11. The van der Waals surface area contributed by atoms with Crippen molar-refractivity contribution in [2.24, 2.45) is 0 Å². The Hall–Kier alpha value is -3.94. The van der Waals surface area contributed by atoms with Gasteiger partial charge in [0.15, 0.2) is 5.54 Å². The van der Waals surface area contributed by atoms with Gasteiger partial charge in [0.2, 0.25) is 0 Å². The first-order chi connectivity index (χ1) is 16.5. The van der Waals surface area contributed by atoms with Crippen molar-refractivity contribution in [3.8, 4) is 5.75 Å². The standard InChI is InChI=1S/C26H27N5O3/c1-18(2)34-21-8-9-22-23(14-21)29-13-10-26(22)24(32)30(17-20-7-3-4-12-28-20)25(33)31(26)16-19-6-5-11-27-15-19/h3-9,11-12,14-15,18,29H,10,13,16-17H2,1-2H3. The van der Waals surface area contributed by atoms with Crippen molar-refractivity contribution in [2.45, 2.75) is 45.0 Å². The Bertz CT molecular complexity index is 1200. The lowest BCUT2D eigenvalue weighted by molar-refractivity contribution is -0.134. The van der Waals surface area contributed by atoms with Gasteiger partial charge < -0.3 is 15.0 Å². The van der Waals surface area contributed by atoms with Crippen LogP contribution in [0.3, 0.4) is 0 Å². The molecule has 0 aliphatic carbocycles. The zero-order valence-electron chi connectivity index (χ0n) is 19.3. The van der Waals surface area contributed by atoms with E-state index in [0.29, 0.717) is 18.7 Å². The average molecular weight is 458 g/mol. The SMILES string of the molecule is CC(C)Oc1ccc2c(c1)NCCC21C(=O)N(Cc2ccccn2)C(=O)N1Cc1cccnc1. The number of benzene rings is 1. The Morgan fingerprint density at radius 3 is 2.71 bits per heavy atom. The van der Waals surface area contributed by atoms with Crippen molar-refractivity contribution in [3.63, 3.8) is 0 Å². The van der Waals surface area contributed by atoms with Gasteiger partial charge in [0.25, 0.3) is 5.91 Å². The Morgan fingerprint density at radius 2 is 1.97 bits per heavy atom. The molecule has 4 heterocycles. The molecule has 0 bridgehead atoms. The summed E-state index contributed by atoms with van der Waals surface area (Å²) in [6.45, 7) is 4.90. The van der Waals surface area contributed by atoms with Crippen LogP contribution in [0.4, 0.5) is 10.5 Å². The molecule has 1 saturated heterocycles. The molecular formula is C26H27N5O3. The first-order valence-corrected chi connectivity index (χ1v) is 11.5. The van der Waals surface area contributed by atoms with Crippen LogP contribution in [0.1, 0.15) is 37.1 Å². The summed E-state index contributed by atoms with van der Waals surface area (Å²) >= 11 is 0. The van der Waals surface area contributed by atoms with E-state index in [-0.39, 0.29) is 31.1 Å². The highest BCUT2D eigenvalue weighted by Gasteiger charge is 2.59. The summed E-state index contributed by atoms with van der Waals surface area (Å²) in [6.07, 6.45) is 5.59. The van der Waals surface area contributed by atoms with E-state index >= 15 is 0 Å². The summed E-state index contributed by atoms with van der Waals surface area (Å²) in [5.74, 6) is 0.492. The van der Waals surface area contributed by atoms with Gasteiger partial charge in [-0.3, -0.25) is 19.7 Å². The van der Waals surface area contributed by atoms with E-state index in [4.69, 9.17) is 4.74 Å². The molecule has 2 aliphatic heterocycles. The number of anilines is 1. The number of ether oxygens (including phenoxy) is 1. The molecule has 8 heteroatoms. The summed E-state index contributed by atoms with van der Waals surface area (Å²) in [4.78, 5) is 39.4. The third-order valence-corrected chi connectivity index (χ3v) is 6.24. The van der Waals surface area contributed by atoms with Gasteiger partial charge in [0.1, 0.15) is 5.75 Å². The average Bonchev–Trinajstić information content (AvgIpc) is 3.02. The van der Waals surface area contributed by atoms with Crippen LogP contribution in [0.2, 0.25) is 0 Å². The third-order valence-electron chi connectivity index (χ3n) is 6.24. The molecule has 2 aliphatic rings. The van der Waals surface area contributed by atoms with Crippen LogP contribution in [0, 0.1) is 0 Å². The molecule has 3 aromatic rings. The maximum absolute atomic E-state index is 14.1. The number of nitrogens with zero attached hydrogens (tertiary/aromatic N) is 4. The largest absolute Gasteiger partial charge is 0.491 e. The number of hydrogen-bond acceptors (Lipinski definition) is 6. The number of amides is 3. The molecule has 1 unspecified atom stereocenters. The lowest BCUT2D eigenvalue weighted by Crippen LogP contribution is -2.50. The second kappa shape index (κ2) is 8.78. The Kier molecular flexibility index (Phi) is 5.65. The molecule has 2 aromatic heterocycles. The van der Waals surface area contributed by atoms with E-state index in [2.05, 4.69) is 15.3 Å². The smallest absolute Gasteiger partial charge is 0.328 e. The second-order valence-electron chi connectivity index (χ2n) is 8.85. The predicted octanol–water partition coefficient (Wildman–Crippen LogP) is 3.94. The van der Waals surface area contributed by atoms with Crippen LogP contribution < -0.4 is 10.1 Å². The van der Waals surface area contributed by atoms with Crippen LogP contribution in [0.15, 0.2) is 67.1 Å². The molecule has 174 valence electrons. The number of nitrogens with one attached hydrogen (secondary N) is 1. The van der Waals surface area contributed by atoms with Crippen molar-refractivity contribution < 1.29 is 14.3 Å². The Labute approximate surface area is 198 Å². The van der Waals surface area contributed by atoms with Gasteiger partial charge in [0, 0.05) is 48.9 Å². The summed E-state index contributed by atoms with van der Waals surface area (Å²) in [5, 5.41) is 3.40. The van der Waals surface area contributed by atoms with Crippen molar-refractivity contribution in [1.29, 1.82) is 0 Å². The molecule has 1 fully saturated rings. The number of carbonyl (C=O) groups excluding carboxylic acids is 2. The van der Waals surface area contributed by atoms with Gasteiger partial charge in [0.05, 0.1) is 24.9 Å². The minimum Gasteiger partial charge on any atom is -0.491 e. The van der Waals surface area contributed by atoms with Gasteiger partial charge in [-0.05, 0) is 43.7 Å². The van der Waals surface area contributed by atoms with Crippen LogP contribution in [0.25, 0.3) is 0 Å². The summed E-state index contributed by atoms with van der Waals surface area (Å²) in [6, 6.07) is 14.6. The molecule has 1 spiro atoms. The first-order valence-electron chi connectivity index (χ1n) is 11.5. The van der Waals surface area contributed by atoms with Crippen LogP contribution in [-0.4, -0.2) is 44.4 Å². The molecule has 0 saturated carbocycles. The summed E-state index contributed by atoms with van der Waals surface area (Å²) in [7, 11) is 0. The van der Waals surface area contributed by atoms with E-state index in [0.717, 1.165) is 22.6 Å². The number of urea groups is 1. The van der Waals surface area contributed by atoms with Gasteiger partial charge >= 0.3 is 6.03 Å². The van der Waals surface area contributed by atoms with E-state index in [1.165, 1.54) is 4.90 Å². The van der Waals surface area contributed by atoms with Crippen molar-refractivity contribution in [1.82, 2.24) is 19.8 Å². The van der Waals surface area contributed by atoms with Crippen molar-refractivity contribution in [2.75, 3.05) is 11.9 Å². The van der Waals surface area contributed by atoms with Gasteiger partial charge in [-0.15, -0.1) is 0 Å². The number of pyridine rings is 2. The zero-order chi connectivity index (χ0) is 23.7. The highest BCUT2D eigenvalue weighted by atomic mass is 16.5. The van der Waals surface area contributed by atoms with E-state index in [9.17, 15) is 9.59 Å². The topological polar surface area (TPSA) is 87.7 Å². The lowest BCUT2D eigenvalue weighted by atomic mass is 9.81. The Balaban J connectivity index is 1.59. The summed E-state index contributed by atoms with van der Waals surface area (Å²) in [5.41, 5.74) is 2.00. The fraction of sp³-hybridized carbons (Fsp3) is 0.308. The number of aromatic nitrogens is 2.